The van der Waals surface area contributed by atoms with Crippen molar-refractivity contribution >= 4 is 34.3 Å². The summed E-state index contributed by atoms with van der Waals surface area (Å²) in [6.45, 7) is 7.49. The standard InChI is InChI=1S/C27H30N4O4/c1-17(2)15-31-24(27(33)34-4)23(30-26(32)20-10-11-35-16-20)22-12-21(14-29-25(22)31)28-13-18(3)19-8-6-5-7-9-19/h5-12,14,16-18,28H,13,15H2,1-4H3,(H,30,32)/t18-/m0/s1. The molecule has 0 saturated carbocycles. The van der Waals surface area contributed by atoms with Gasteiger partial charge in [0.25, 0.3) is 5.91 Å². The maximum absolute atomic E-state index is 12.9. The molecule has 3 aromatic heterocycles. The van der Waals surface area contributed by atoms with Crippen LogP contribution in [0.3, 0.4) is 0 Å². The van der Waals surface area contributed by atoms with Crippen LogP contribution in [0.2, 0.25) is 0 Å². The number of nitrogens with one attached hydrogen (secondary N) is 2. The number of esters is 1. The van der Waals surface area contributed by atoms with E-state index in [-0.39, 0.29) is 23.4 Å². The first-order valence-electron chi connectivity index (χ1n) is 11.6. The van der Waals surface area contributed by atoms with E-state index in [0.29, 0.717) is 35.4 Å². The van der Waals surface area contributed by atoms with Crippen molar-refractivity contribution in [2.45, 2.75) is 33.2 Å². The summed E-state index contributed by atoms with van der Waals surface area (Å²) in [6, 6.07) is 13.7. The molecule has 0 saturated heterocycles. The van der Waals surface area contributed by atoms with Crippen LogP contribution in [0.15, 0.2) is 65.6 Å². The molecule has 1 atom stereocenters. The molecule has 1 aromatic carbocycles. The van der Waals surface area contributed by atoms with E-state index in [2.05, 4.69) is 48.5 Å². The number of carbonyl (C=O) groups excluding carboxylic acids is 2. The predicted octanol–water partition coefficient (Wildman–Crippen LogP) is 5.54. The van der Waals surface area contributed by atoms with Gasteiger partial charge >= 0.3 is 5.97 Å². The second-order valence-corrected chi connectivity index (χ2v) is 8.97. The number of nitrogens with zero attached hydrogens (tertiary/aromatic N) is 2. The lowest BCUT2D eigenvalue weighted by molar-refractivity contribution is 0.0589. The Balaban J connectivity index is 1.74. The molecule has 4 rings (SSSR count). The number of pyridine rings is 1. The van der Waals surface area contributed by atoms with Crippen LogP contribution in [0.5, 0.6) is 0 Å². The van der Waals surface area contributed by atoms with Gasteiger partial charge < -0.3 is 24.4 Å². The molecule has 0 aliphatic carbocycles. The van der Waals surface area contributed by atoms with Gasteiger partial charge in [-0.3, -0.25) is 4.79 Å². The van der Waals surface area contributed by atoms with Crippen molar-refractivity contribution in [1.29, 1.82) is 0 Å². The molecule has 2 N–H and O–H groups in total. The van der Waals surface area contributed by atoms with Crippen molar-refractivity contribution in [3.05, 3.63) is 78.0 Å². The third-order valence-corrected chi connectivity index (χ3v) is 5.83. The highest BCUT2D eigenvalue weighted by molar-refractivity contribution is 6.14. The van der Waals surface area contributed by atoms with Crippen LogP contribution in [-0.4, -0.2) is 35.1 Å². The molecule has 0 bridgehead atoms. The van der Waals surface area contributed by atoms with Gasteiger partial charge in [-0.1, -0.05) is 51.1 Å². The molecule has 3 heterocycles. The van der Waals surface area contributed by atoms with E-state index in [9.17, 15) is 9.59 Å². The average Bonchev–Trinajstić information content (AvgIpc) is 3.50. The monoisotopic (exact) mass is 474 g/mol. The van der Waals surface area contributed by atoms with Crippen molar-refractivity contribution in [3.63, 3.8) is 0 Å². The second kappa shape index (κ2) is 10.5. The van der Waals surface area contributed by atoms with E-state index in [1.54, 1.807) is 12.3 Å². The van der Waals surface area contributed by atoms with E-state index in [1.165, 1.54) is 25.2 Å². The molecule has 8 heteroatoms. The lowest BCUT2D eigenvalue weighted by atomic mass is 10.0. The molecule has 0 spiro atoms. The van der Waals surface area contributed by atoms with Gasteiger partial charge in [-0.2, -0.15) is 0 Å². The minimum absolute atomic E-state index is 0.234. The topological polar surface area (TPSA) is 98.4 Å². The fourth-order valence-electron chi connectivity index (χ4n) is 4.05. The van der Waals surface area contributed by atoms with Crippen LogP contribution in [0.25, 0.3) is 11.0 Å². The van der Waals surface area contributed by atoms with Crippen molar-refractivity contribution in [3.8, 4) is 0 Å². The average molecular weight is 475 g/mol. The number of fused-ring (bicyclic) bond motifs is 1. The van der Waals surface area contributed by atoms with E-state index < -0.39 is 5.97 Å². The Labute approximate surface area is 204 Å². The molecule has 8 nitrogen and oxygen atoms in total. The van der Waals surface area contributed by atoms with Gasteiger partial charge in [0, 0.05) is 18.5 Å². The third-order valence-electron chi connectivity index (χ3n) is 5.83. The highest BCUT2D eigenvalue weighted by Crippen LogP contribution is 2.34. The highest BCUT2D eigenvalue weighted by atomic mass is 16.5. The summed E-state index contributed by atoms with van der Waals surface area (Å²) in [5.74, 6) is -0.414. The van der Waals surface area contributed by atoms with Gasteiger partial charge in [0.15, 0.2) is 5.69 Å². The number of furan rings is 1. The molecule has 0 aliphatic rings. The quantitative estimate of drug-likeness (QED) is 0.309. The second-order valence-electron chi connectivity index (χ2n) is 8.97. The Morgan fingerprint density at radius 1 is 1.14 bits per heavy atom. The molecule has 35 heavy (non-hydrogen) atoms. The van der Waals surface area contributed by atoms with Crippen molar-refractivity contribution in [2.24, 2.45) is 5.92 Å². The first-order chi connectivity index (χ1) is 16.9. The predicted molar refractivity (Wildman–Crippen MR) is 136 cm³/mol. The van der Waals surface area contributed by atoms with Gasteiger partial charge in [-0.15, -0.1) is 0 Å². The fourth-order valence-corrected chi connectivity index (χ4v) is 4.05. The Morgan fingerprint density at radius 3 is 2.57 bits per heavy atom. The highest BCUT2D eigenvalue weighted by Gasteiger charge is 2.27. The lowest BCUT2D eigenvalue weighted by Crippen LogP contribution is -2.18. The first-order valence-corrected chi connectivity index (χ1v) is 11.6. The summed E-state index contributed by atoms with van der Waals surface area (Å²) in [5.41, 5.74) is 3.60. The number of rotatable bonds is 9. The van der Waals surface area contributed by atoms with Crippen molar-refractivity contribution in [1.82, 2.24) is 9.55 Å². The number of hydrogen-bond acceptors (Lipinski definition) is 6. The Morgan fingerprint density at radius 2 is 1.91 bits per heavy atom. The smallest absolute Gasteiger partial charge is 0.356 e. The minimum atomic E-state index is -0.543. The van der Waals surface area contributed by atoms with Crippen LogP contribution < -0.4 is 10.6 Å². The largest absolute Gasteiger partial charge is 0.472 e. The Hall–Kier alpha value is -4.07. The van der Waals surface area contributed by atoms with Crippen LogP contribution in [-0.2, 0) is 11.3 Å². The molecular weight excluding hydrogens is 444 g/mol. The Kier molecular flexibility index (Phi) is 7.19. The van der Waals surface area contributed by atoms with Gasteiger partial charge in [0.05, 0.1) is 36.5 Å². The molecular formula is C27H30N4O4. The summed E-state index contributed by atoms with van der Waals surface area (Å²) in [5, 5.41) is 6.99. The number of ether oxygens (including phenoxy) is 1. The number of anilines is 2. The summed E-state index contributed by atoms with van der Waals surface area (Å²) >= 11 is 0. The number of hydrogen-bond donors (Lipinski definition) is 2. The number of carbonyl (C=O) groups is 2. The fraction of sp³-hybridized carbons (Fsp3) is 0.296. The number of benzene rings is 1. The van der Waals surface area contributed by atoms with Gasteiger partial charge in [0.1, 0.15) is 11.9 Å². The van der Waals surface area contributed by atoms with E-state index in [1.807, 2.05) is 28.8 Å². The van der Waals surface area contributed by atoms with Crippen molar-refractivity contribution in [2.75, 3.05) is 24.3 Å². The minimum Gasteiger partial charge on any atom is -0.472 e. The lowest BCUT2D eigenvalue weighted by Gasteiger charge is -2.14. The van der Waals surface area contributed by atoms with Gasteiger partial charge in [0.2, 0.25) is 0 Å². The first kappa shape index (κ1) is 24.1. The van der Waals surface area contributed by atoms with Crippen LogP contribution in [0, 0.1) is 5.92 Å². The Bertz CT molecular complexity index is 1310. The van der Waals surface area contributed by atoms with Crippen LogP contribution >= 0.6 is 0 Å². The normalized spacial score (nSPS) is 12.0. The van der Waals surface area contributed by atoms with E-state index in [0.717, 1.165) is 5.69 Å². The molecule has 182 valence electrons. The maximum atomic E-state index is 12.9. The zero-order valence-corrected chi connectivity index (χ0v) is 20.4. The molecule has 0 radical (unpaired) electrons. The maximum Gasteiger partial charge on any atom is 0.356 e. The summed E-state index contributed by atoms with van der Waals surface area (Å²) < 4.78 is 11.9. The third kappa shape index (κ3) is 5.21. The SMILES string of the molecule is COC(=O)c1c(NC(=O)c2ccoc2)c2cc(NC[C@H](C)c3ccccc3)cnc2n1CC(C)C. The summed E-state index contributed by atoms with van der Waals surface area (Å²) in [6.07, 6.45) is 4.53. The number of amides is 1. The zero-order chi connectivity index (χ0) is 24.9. The summed E-state index contributed by atoms with van der Waals surface area (Å²) in [7, 11) is 1.33. The molecule has 4 aromatic rings. The van der Waals surface area contributed by atoms with Crippen LogP contribution in [0.4, 0.5) is 11.4 Å². The molecule has 0 unspecified atom stereocenters. The number of methoxy groups -OCH3 is 1. The van der Waals surface area contributed by atoms with Gasteiger partial charge in [-0.05, 0) is 29.5 Å². The summed E-state index contributed by atoms with van der Waals surface area (Å²) in [4.78, 5) is 30.5. The zero-order valence-electron chi connectivity index (χ0n) is 20.4. The van der Waals surface area contributed by atoms with E-state index >= 15 is 0 Å². The molecule has 0 aliphatic heterocycles. The number of aromatic nitrogens is 2. The van der Waals surface area contributed by atoms with E-state index in [4.69, 9.17) is 9.15 Å². The van der Waals surface area contributed by atoms with Crippen molar-refractivity contribution < 1.29 is 18.7 Å². The molecule has 0 fully saturated rings. The van der Waals surface area contributed by atoms with Crippen LogP contribution in [0.1, 0.15) is 53.1 Å². The van der Waals surface area contributed by atoms with Gasteiger partial charge in [-0.25, -0.2) is 9.78 Å². The molecule has 1 amide bonds.